The fraction of sp³-hybridized carbons (Fsp3) is 0.438. The molecule has 0 radical (unpaired) electrons. The van der Waals surface area contributed by atoms with Gasteiger partial charge in [0.2, 0.25) is 11.9 Å². The standard InChI is InChI=1S/C32H38F3N7O4/c1-21-5-8-24(9-6-21)44-16-22(2)17-45-26-15-23(38-29-39-28(36)40-30(41-29)46-20-32(33,34)35)7-10-25(26)27(43)37-18-31(11-12-31)19-42-13-3-4-14-42/h5-10,15H,2-4,11-14,16-20H2,1H3,(H,37,43)(H3,36,38,39,40,41). The van der Waals surface area contributed by atoms with Gasteiger partial charge in [-0.25, -0.2) is 0 Å². The van der Waals surface area contributed by atoms with Gasteiger partial charge in [-0.2, -0.15) is 28.1 Å². The number of likely N-dealkylation sites (tertiary alicyclic amines) is 1. The zero-order valence-corrected chi connectivity index (χ0v) is 25.7. The summed E-state index contributed by atoms with van der Waals surface area (Å²) in [4.78, 5) is 27.3. The van der Waals surface area contributed by atoms with Gasteiger partial charge < -0.3 is 35.5 Å². The van der Waals surface area contributed by atoms with Gasteiger partial charge in [0.1, 0.15) is 24.7 Å². The number of aryl methyl sites for hydroxylation is 1. The molecule has 0 atom stereocenters. The maximum atomic E-state index is 13.4. The van der Waals surface area contributed by atoms with Crippen LogP contribution < -0.4 is 30.6 Å². The number of ether oxygens (including phenoxy) is 3. The molecule has 1 aliphatic carbocycles. The topological polar surface area (TPSA) is 137 Å². The van der Waals surface area contributed by atoms with Crippen LogP contribution in [-0.2, 0) is 0 Å². The highest BCUT2D eigenvalue weighted by molar-refractivity contribution is 5.97. The highest BCUT2D eigenvalue weighted by Crippen LogP contribution is 2.46. The SMILES string of the molecule is C=C(COc1ccc(C)cc1)COc1cc(Nc2nc(N)nc(OCC(F)(F)F)n2)ccc1C(=O)NCC1(CN2CCCC2)CC1. The van der Waals surface area contributed by atoms with Crippen LogP contribution in [0.3, 0.4) is 0 Å². The summed E-state index contributed by atoms with van der Waals surface area (Å²) in [5, 5.41) is 5.96. The van der Waals surface area contributed by atoms with Crippen LogP contribution in [0.2, 0.25) is 0 Å². The number of carbonyl (C=O) groups is 1. The van der Waals surface area contributed by atoms with Gasteiger partial charge in [-0.3, -0.25) is 4.79 Å². The number of alkyl halides is 3. The van der Waals surface area contributed by atoms with Gasteiger partial charge in [-0.15, -0.1) is 0 Å². The maximum Gasteiger partial charge on any atom is 0.422 e. The molecule has 1 amide bonds. The van der Waals surface area contributed by atoms with E-state index in [4.69, 9.17) is 15.2 Å². The maximum absolute atomic E-state index is 13.4. The van der Waals surface area contributed by atoms with Crippen LogP contribution in [0.25, 0.3) is 0 Å². The first kappa shape index (κ1) is 32.8. The number of anilines is 3. The molecule has 0 spiro atoms. The van der Waals surface area contributed by atoms with Gasteiger partial charge in [0.25, 0.3) is 5.91 Å². The van der Waals surface area contributed by atoms with Crippen LogP contribution in [0.15, 0.2) is 54.6 Å². The number of carbonyl (C=O) groups excluding carboxylic acids is 1. The van der Waals surface area contributed by atoms with Crippen molar-refractivity contribution in [2.45, 2.75) is 38.8 Å². The van der Waals surface area contributed by atoms with Gasteiger partial charge in [-0.05, 0) is 75.5 Å². The molecule has 2 heterocycles. The summed E-state index contributed by atoms with van der Waals surface area (Å²) in [6.07, 6.45) is -0.0188. The van der Waals surface area contributed by atoms with Crippen LogP contribution in [-0.4, -0.2) is 77.9 Å². The third-order valence-electron chi connectivity index (χ3n) is 7.71. The summed E-state index contributed by atoms with van der Waals surface area (Å²) in [6.45, 7) is 8.43. The van der Waals surface area contributed by atoms with E-state index in [1.807, 2.05) is 31.2 Å². The van der Waals surface area contributed by atoms with E-state index in [-0.39, 0.29) is 42.2 Å². The molecule has 1 aliphatic heterocycles. The van der Waals surface area contributed by atoms with Gasteiger partial charge in [0.05, 0.1) is 5.56 Å². The monoisotopic (exact) mass is 641 g/mol. The normalized spacial score (nSPS) is 15.7. The third-order valence-corrected chi connectivity index (χ3v) is 7.71. The Morgan fingerprint density at radius 1 is 1.02 bits per heavy atom. The summed E-state index contributed by atoms with van der Waals surface area (Å²) in [7, 11) is 0. The number of hydrogen-bond acceptors (Lipinski definition) is 10. The predicted octanol–water partition coefficient (Wildman–Crippen LogP) is 5.07. The number of benzene rings is 2. The third kappa shape index (κ3) is 9.70. The van der Waals surface area contributed by atoms with Crippen molar-refractivity contribution in [3.63, 3.8) is 0 Å². The summed E-state index contributed by atoms with van der Waals surface area (Å²) < 4.78 is 54.4. The van der Waals surface area contributed by atoms with Gasteiger partial charge in [0, 0.05) is 30.3 Å². The van der Waals surface area contributed by atoms with Crippen molar-refractivity contribution in [3.05, 3.63) is 65.7 Å². The molecular formula is C32H38F3N7O4. The largest absolute Gasteiger partial charge is 0.489 e. The van der Waals surface area contributed by atoms with Crippen molar-refractivity contribution >= 4 is 23.5 Å². The van der Waals surface area contributed by atoms with Crippen molar-refractivity contribution in [2.75, 3.05) is 57.1 Å². The van der Waals surface area contributed by atoms with E-state index >= 15 is 0 Å². The van der Waals surface area contributed by atoms with E-state index in [2.05, 4.69) is 41.8 Å². The van der Waals surface area contributed by atoms with E-state index in [0.717, 1.165) is 38.0 Å². The smallest absolute Gasteiger partial charge is 0.422 e. The summed E-state index contributed by atoms with van der Waals surface area (Å²) >= 11 is 0. The lowest BCUT2D eigenvalue weighted by atomic mass is 10.1. The highest BCUT2D eigenvalue weighted by atomic mass is 19.4. The first-order valence-corrected chi connectivity index (χ1v) is 15.1. The number of halogens is 3. The van der Waals surface area contributed by atoms with Crippen LogP contribution >= 0.6 is 0 Å². The summed E-state index contributed by atoms with van der Waals surface area (Å²) in [5.74, 6) is 0.161. The molecule has 1 saturated heterocycles. The number of nitrogens with zero attached hydrogens (tertiary/aromatic N) is 4. The number of aromatic nitrogens is 3. The Kier molecular flexibility index (Phi) is 10.1. The Bertz CT molecular complexity index is 1530. The van der Waals surface area contributed by atoms with Crippen molar-refractivity contribution < 1.29 is 32.2 Å². The predicted molar refractivity (Wildman–Crippen MR) is 166 cm³/mol. The highest BCUT2D eigenvalue weighted by Gasteiger charge is 2.44. The molecule has 1 aromatic heterocycles. The van der Waals surface area contributed by atoms with Gasteiger partial charge >= 0.3 is 12.2 Å². The van der Waals surface area contributed by atoms with Crippen molar-refractivity contribution in [3.8, 4) is 17.5 Å². The first-order valence-electron chi connectivity index (χ1n) is 15.1. The molecule has 4 N–H and O–H groups in total. The number of nitrogen functional groups attached to an aromatic ring is 1. The quantitative estimate of drug-likeness (QED) is 0.193. The Labute approximate surface area is 265 Å². The molecule has 5 rings (SSSR count). The molecular weight excluding hydrogens is 603 g/mol. The molecule has 1 saturated carbocycles. The Hall–Kier alpha value is -4.59. The molecule has 246 valence electrons. The zero-order chi connectivity index (χ0) is 32.7. The number of nitrogens with one attached hydrogen (secondary N) is 2. The van der Waals surface area contributed by atoms with E-state index in [1.165, 1.54) is 12.8 Å². The zero-order valence-electron chi connectivity index (χ0n) is 25.7. The van der Waals surface area contributed by atoms with Crippen molar-refractivity contribution in [1.82, 2.24) is 25.2 Å². The van der Waals surface area contributed by atoms with E-state index < -0.39 is 18.8 Å². The molecule has 2 aromatic carbocycles. The van der Waals surface area contributed by atoms with Crippen LogP contribution in [0.1, 0.15) is 41.6 Å². The lowest BCUT2D eigenvalue weighted by Crippen LogP contribution is -2.37. The lowest BCUT2D eigenvalue weighted by Gasteiger charge is -2.23. The first-order chi connectivity index (χ1) is 22.0. The number of amides is 1. The molecule has 0 unspecified atom stereocenters. The van der Waals surface area contributed by atoms with Crippen LogP contribution in [0.4, 0.5) is 30.8 Å². The molecule has 14 heteroatoms. The molecule has 3 aromatic rings. The van der Waals surface area contributed by atoms with Crippen molar-refractivity contribution in [2.24, 2.45) is 5.41 Å². The summed E-state index contributed by atoms with van der Waals surface area (Å²) in [5.41, 5.74) is 8.19. The Balaban J connectivity index is 1.28. The molecule has 11 nitrogen and oxygen atoms in total. The second-order valence-corrected chi connectivity index (χ2v) is 11.8. The number of rotatable bonds is 15. The van der Waals surface area contributed by atoms with Crippen LogP contribution in [0.5, 0.6) is 17.5 Å². The molecule has 0 bridgehead atoms. The fourth-order valence-electron chi connectivity index (χ4n) is 5.06. The number of nitrogens with two attached hydrogens (primary N) is 1. The van der Waals surface area contributed by atoms with Crippen LogP contribution in [0, 0.1) is 12.3 Å². The van der Waals surface area contributed by atoms with Gasteiger partial charge in [0.15, 0.2) is 6.61 Å². The van der Waals surface area contributed by atoms with E-state index in [1.54, 1.807) is 18.2 Å². The Morgan fingerprint density at radius 2 is 1.74 bits per heavy atom. The molecule has 2 aliphatic rings. The fourth-order valence-corrected chi connectivity index (χ4v) is 5.06. The summed E-state index contributed by atoms with van der Waals surface area (Å²) in [6, 6.07) is 11.8. The van der Waals surface area contributed by atoms with Crippen molar-refractivity contribution in [1.29, 1.82) is 0 Å². The molecule has 2 fully saturated rings. The second kappa shape index (κ2) is 14.2. The number of hydrogen-bond donors (Lipinski definition) is 3. The average Bonchev–Trinajstić information content (AvgIpc) is 3.58. The minimum atomic E-state index is -4.58. The van der Waals surface area contributed by atoms with E-state index in [0.29, 0.717) is 29.1 Å². The lowest BCUT2D eigenvalue weighted by molar-refractivity contribution is -0.154. The molecule has 46 heavy (non-hydrogen) atoms. The average molecular weight is 642 g/mol. The minimum Gasteiger partial charge on any atom is -0.489 e. The second-order valence-electron chi connectivity index (χ2n) is 11.8. The van der Waals surface area contributed by atoms with E-state index in [9.17, 15) is 18.0 Å². The minimum absolute atomic E-state index is 0.0582. The Morgan fingerprint density at radius 3 is 2.43 bits per heavy atom. The van der Waals surface area contributed by atoms with Gasteiger partial charge in [-0.1, -0.05) is 24.3 Å².